The average Bonchev–Trinajstić information content (AvgIpc) is 3.42. The molecule has 0 aliphatic carbocycles. The zero-order valence-electron chi connectivity index (χ0n) is 17.6. The van der Waals surface area contributed by atoms with E-state index in [2.05, 4.69) is 4.90 Å². The minimum absolute atomic E-state index is 0.226. The van der Waals surface area contributed by atoms with Crippen molar-refractivity contribution in [3.05, 3.63) is 59.2 Å². The minimum Gasteiger partial charge on any atom is -0.493 e. The number of rotatable bonds is 7. The SMILES string of the molecule is COc1cc2c(cc1OCCN1CCCC1)N(C(=O)/C=C/c1c(F)cccc1F)CC2. The highest BCUT2D eigenvalue weighted by atomic mass is 19.1. The van der Waals surface area contributed by atoms with E-state index in [-0.39, 0.29) is 11.5 Å². The van der Waals surface area contributed by atoms with Crippen LogP contribution in [0.5, 0.6) is 11.5 Å². The maximum Gasteiger partial charge on any atom is 0.251 e. The summed E-state index contributed by atoms with van der Waals surface area (Å²) in [6.45, 7) is 4.07. The van der Waals surface area contributed by atoms with Gasteiger partial charge in [0.15, 0.2) is 11.5 Å². The van der Waals surface area contributed by atoms with Gasteiger partial charge in [0.2, 0.25) is 0 Å². The van der Waals surface area contributed by atoms with Crippen LogP contribution in [0.2, 0.25) is 0 Å². The van der Waals surface area contributed by atoms with Crippen LogP contribution < -0.4 is 14.4 Å². The van der Waals surface area contributed by atoms with Crippen molar-refractivity contribution >= 4 is 17.7 Å². The van der Waals surface area contributed by atoms with Gasteiger partial charge in [0.25, 0.3) is 5.91 Å². The van der Waals surface area contributed by atoms with Crippen molar-refractivity contribution < 1.29 is 23.0 Å². The van der Waals surface area contributed by atoms with Crippen LogP contribution in [0.3, 0.4) is 0 Å². The zero-order chi connectivity index (χ0) is 21.8. The number of ether oxygens (including phenoxy) is 2. The van der Waals surface area contributed by atoms with Crippen molar-refractivity contribution in [3.8, 4) is 11.5 Å². The fourth-order valence-electron chi connectivity index (χ4n) is 4.10. The van der Waals surface area contributed by atoms with Crippen molar-refractivity contribution in [3.63, 3.8) is 0 Å². The summed E-state index contributed by atoms with van der Waals surface area (Å²) < 4.78 is 39.1. The van der Waals surface area contributed by atoms with Crippen LogP contribution in [-0.4, -0.2) is 50.7 Å². The van der Waals surface area contributed by atoms with Crippen LogP contribution in [0.25, 0.3) is 6.08 Å². The number of halogens is 2. The average molecular weight is 428 g/mol. The van der Waals surface area contributed by atoms with Gasteiger partial charge in [0.1, 0.15) is 18.2 Å². The molecular formula is C24H26F2N2O3. The number of carbonyl (C=O) groups is 1. The van der Waals surface area contributed by atoms with E-state index in [4.69, 9.17) is 9.47 Å². The van der Waals surface area contributed by atoms with Gasteiger partial charge in [-0.05, 0) is 62.2 Å². The van der Waals surface area contributed by atoms with Gasteiger partial charge < -0.3 is 14.4 Å². The Morgan fingerprint density at radius 2 is 1.84 bits per heavy atom. The Bertz CT molecular complexity index is 967. The van der Waals surface area contributed by atoms with Gasteiger partial charge in [-0.2, -0.15) is 0 Å². The van der Waals surface area contributed by atoms with Crippen molar-refractivity contribution in [1.29, 1.82) is 0 Å². The van der Waals surface area contributed by atoms with Gasteiger partial charge in [-0.1, -0.05) is 6.07 Å². The van der Waals surface area contributed by atoms with Crippen LogP contribution in [0, 0.1) is 11.6 Å². The minimum atomic E-state index is -0.704. The molecule has 31 heavy (non-hydrogen) atoms. The molecule has 4 rings (SSSR count). The number of anilines is 1. The predicted molar refractivity (Wildman–Crippen MR) is 116 cm³/mol. The molecule has 0 bridgehead atoms. The third kappa shape index (κ3) is 4.71. The molecule has 0 N–H and O–H groups in total. The largest absolute Gasteiger partial charge is 0.493 e. The first kappa shape index (κ1) is 21.3. The molecule has 0 spiro atoms. The molecule has 5 nitrogen and oxygen atoms in total. The lowest BCUT2D eigenvalue weighted by molar-refractivity contribution is -0.114. The second kappa shape index (κ2) is 9.47. The number of amides is 1. The molecule has 2 aliphatic rings. The van der Waals surface area contributed by atoms with Gasteiger partial charge in [0.05, 0.1) is 12.8 Å². The maximum atomic E-state index is 13.8. The molecule has 1 amide bonds. The van der Waals surface area contributed by atoms with Crippen molar-refractivity contribution in [1.82, 2.24) is 4.90 Å². The Balaban J connectivity index is 1.49. The number of hydrogen-bond acceptors (Lipinski definition) is 4. The van der Waals surface area contributed by atoms with Gasteiger partial charge in [-0.15, -0.1) is 0 Å². The van der Waals surface area contributed by atoms with Crippen molar-refractivity contribution in [2.75, 3.05) is 44.8 Å². The highest BCUT2D eigenvalue weighted by Crippen LogP contribution is 2.39. The lowest BCUT2D eigenvalue weighted by Gasteiger charge is -2.19. The van der Waals surface area contributed by atoms with E-state index in [0.717, 1.165) is 43.0 Å². The normalized spacial score (nSPS) is 16.2. The highest BCUT2D eigenvalue weighted by molar-refractivity contribution is 6.05. The molecule has 2 heterocycles. The van der Waals surface area contributed by atoms with E-state index in [1.54, 1.807) is 12.0 Å². The number of hydrogen-bond donors (Lipinski definition) is 0. The molecule has 1 fully saturated rings. The van der Waals surface area contributed by atoms with Crippen molar-refractivity contribution in [2.24, 2.45) is 0 Å². The number of fused-ring (bicyclic) bond motifs is 1. The van der Waals surface area contributed by atoms with Crippen LogP contribution >= 0.6 is 0 Å². The molecule has 7 heteroatoms. The summed E-state index contributed by atoms with van der Waals surface area (Å²) in [6.07, 6.45) is 5.51. The summed E-state index contributed by atoms with van der Waals surface area (Å²) >= 11 is 0. The molecule has 0 saturated carbocycles. The molecule has 0 aromatic heterocycles. The van der Waals surface area contributed by atoms with E-state index in [0.29, 0.717) is 31.1 Å². The summed E-state index contributed by atoms with van der Waals surface area (Å²) in [4.78, 5) is 16.7. The second-order valence-corrected chi connectivity index (χ2v) is 7.74. The molecule has 1 saturated heterocycles. The summed E-state index contributed by atoms with van der Waals surface area (Å²) in [7, 11) is 1.60. The number of benzene rings is 2. The van der Waals surface area contributed by atoms with Gasteiger partial charge >= 0.3 is 0 Å². The smallest absolute Gasteiger partial charge is 0.251 e. The fourth-order valence-corrected chi connectivity index (χ4v) is 4.10. The lowest BCUT2D eigenvalue weighted by Crippen LogP contribution is -2.27. The predicted octanol–water partition coefficient (Wildman–Crippen LogP) is 4.05. The number of methoxy groups -OCH3 is 1. The third-order valence-electron chi connectivity index (χ3n) is 5.78. The zero-order valence-corrected chi connectivity index (χ0v) is 17.6. The molecular weight excluding hydrogens is 402 g/mol. The van der Waals surface area contributed by atoms with E-state index < -0.39 is 11.6 Å². The molecule has 0 radical (unpaired) electrons. The highest BCUT2D eigenvalue weighted by Gasteiger charge is 2.26. The van der Waals surface area contributed by atoms with Gasteiger partial charge in [-0.25, -0.2) is 8.78 Å². The van der Waals surface area contributed by atoms with E-state index in [9.17, 15) is 13.6 Å². The Morgan fingerprint density at radius 3 is 2.55 bits per heavy atom. The fraction of sp³-hybridized carbons (Fsp3) is 0.375. The molecule has 0 unspecified atom stereocenters. The molecule has 2 aromatic rings. The van der Waals surface area contributed by atoms with Crippen molar-refractivity contribution in [2.45, 2.75) is 19.3 Å². The molecule has 0 atom stereocenters. The monoisotopic (exact) mass is 428 g/mol. The first-order valence-corrected chi connectivity index (χ1v) is 10.6. The van der Waals surface area contributed by atoms with Crippen LogP contribution in [0.1, 0.15) is 24.0 Å². The topological polar surface area (TPSA) is 42.0 Å². The molecule has 2 aliphatic heterocycles. The first-order valence-electron chi connectivity index (χ1n) is 10.6. The number of nitrogens with zero attached hydrogens (tertiary/aromatic N) is 2. The Kier molecular flexibility index (Phi) is 6.51. The van der Waals surface area contributed by atoms with E-state index in [1.807, 2.05) is 12.1 Å². The second-order valence-electron chi connectivity index (χ2n) is 7.74. The quantitative estimate of drug-likeness (QED) is 0.624. The molecule has 164 valence electrons. The Labute approximate surface area is 180 Å². The Hall–Kier alpha value is -2.93. The van der Waals surface area contributed by atoms with Gasteiger partial charge in [-0.3, -0.25) is 9.69 Å². The maximum absolute atomic E-state index is 13.8. The summed E-state index contributed by atoms with van der Waals surface area (Å²) in [5.41, 5.74) is 1.49. The Morgan fingerprint density at radius 1 is 1.10 bits per heavy atom. The number of likely N-dealkylation sites (tertiary alicyclic amines) is 1. The van der Waals surface area contributed by atoms with E-state index in [1.165, 1.54) is 31.1 Å². The summed E-state index contributed by atoms with van der Waals surface area (Å²) in [5, 5.41) is 0. The first-order chi connectivity index (χ1) is 15.1. The summed E-state index contributed by atoms with van der Waals surface area (Å²) in [5.74, 6) is -0.522. The van der Waals surface area contributed by atoms with Crippen LogP contribution in [0.15, 0.2) is 36.4 Å². The third-order valence-corrected chi connectivity index (χ3v) is 5.78. The van der Waals surface area contributed by atoms with Crippen LogP contribution in [-0.2, 0) is 11.2 Å². The lowest BCUT2D eigenvalue weighted by atomic mass is 10.1. The molecule has 2 aromatic carbocycles. The summed E-state index contributed by atoms with van der Waals surface area (Å²) in [6, 6.07) is 7.33. The number of carbonyl (C=O) groups excluding carboxylic acids is 1. The standard InChI is InChI=1S/C24H26F2N2O3/c1-30-22-15-17-9-12-28(24(29)8-7-18-19(25)5-4-6-20(18)26)21(17)16-23(22)31-14-13-27-10-2-3-11-27/h4-8,15-16H,2-3,9-14H2,1H3/b8-7+. The van der Waals surface area contributed by atoms with Gasteiger partial charge in [0, 0.05) is 30.8 Å². The van der Waals surface area contributed by atoms with Crippen LogP contribution in [0.4, 0.5) is 14.5 Å². The van der Waals surface area contributed by atoms with E-state index >= 15 is 0 Å².